The molecule has 0 radical (unpaired) electrons. The molecule has 25 heteroatoms. The number of hydrogen-bond donors (Lipinski definition) is 4. The SMILES string of the molecule is C=CCC[C@@](OCc1ccccc1)(C(=O)NNC(=O)c1nc(Br)c(C)cc1NC(=O)OC(C)(C)C)C(F)(F)F.C=CCC[C@@](OCc1ccccc1)(c1nnc(-c2nc(Br)c(C)cc2NC(=O)OC(C)(C)C)o1)C(F)(F)F. The molecule has 0 unspecified atom stereocenters. The van der Waals surface area contributed by atoms with Gasteiger partial charge in [-0.15, -0.1) is 23.4 Å². The van der Waals surface area contributed by atoms with Crippen LogP contribution >= 0.6 is 31.9 Å². The Balaban J connectivity index is 0.000000333. The van der Waals surface area contributed by atoms with Gasteiger partial charge in [0.2, 0.25) is 11.2 Å². The molecule has 0 spiro atoms. The molecule has 0 saturated heterocycles. The Bertz CT molecular complexity index is 2860. The maximum Gasteiger partial charge on any atom is 0.426 e. The summed E-state index contributed by atoms with van der Waals surface area (Å²) in [6.45, 7) is 19.5. The highest BCUT2D eigenvalue weighted by molar-refractivity contribution is 9.10. The third kappa shape index (κ3) is 17.7. The Morgan fingerprint density at radius 3 is 1.62 bits per heavy atom. The van der Waals surface area contributed by atoms with E-state index in [4.69, 9.17) is 23.4 Å². The number of allylic oxidation sites excluding steroid dienone is 2. The van der Waals surface area contributed by atoms with Crippen LogP contribution in [-0.4, -0.2) is 73.3 Å². The van der Waals surface area contributed by atoms with Crippen molar-refractivity contribution >= 4 is 67.2 Å². The molecule has 2 aromatic carbocycles. The van der Waals surface area contributed by atoms with Gasteiger partial charge in [0.05, 0.1) is 24.6 Å². The molecule has 0 aliphatic carbocycles. The number of amides is 4. The minimum absolute atomic E-state index is 0.0359. The molecule has 0 bridgehead atoms. The molecule has 4 amide bonds. The molecule has 416 valence electrons. The summed E-state index contributed by atoms with van der Waals surface area (Å²) in [5.74, 6) is -3.88. The lowest BCUT2D eigenvalue weighted by molar-refractivity contribution is -0.299. The fourth-order valence-corrected chi connectivity index (χ4v) is 7.24. The molecule has 5 aromatic rings. The van der Waals surface area contributed by atoms with Gasteiger partial charge >= 0.3 is 24.5 Å². The number of anilines is 2. The Labute approximate surface area is 457 Å². The third-order valence-corrected chi connectivity index (χ3v) is 12.0. The zero-order valence-corrected chi connectivity index (χ0v) is 46.4. The van der Waals surface area contributed by atoms with Gasteiger partial charge < -0.3 is 23.4 Å². The topological polar surface area (TPSA) is 218 Å². The predicted molar refractivity (Wildman–Crippen MR) is 280 cm³/mol. The van der Waals surface area contributed by atoms with Crippen molar-refractivity contribution in [3.8, 4) is 11.6 Å². The first-order chi connectivity index (χ1) is 35.8. The maximum absolute atomic E-state index is 14.6. The molecule has 77 heavy (non-hydrogen) atoms. The largest absolute Gasteiger partial charge is 0.444 e. The molecule has 0 saturated carbocycles. The highest BCUT2D eigenvalue weighted by Gasteiger charge is 2.62. The zero-order valence-electron chi connectivity index (χ0n) is 43.2. The van der Waals surface area contributed by atoms with Crippen LogP contribution < -0.4 is 21.5 Å². The summed E-state index contributed by atoms with van der Waals surface area (Å²) in [4.78, 5) is 59.0. The van der Waals surface area contributed by atoms with Crippen LogP contribution in [-0.2, 0) is 42.6 Å². The van der Waals surface area contributed by atoms with Gasteiger partial charge in [0.25, 0.3) is 23.6 Å². The first kappa shape index (κ1) is 62.8. The molecule has 0 fully saturated rings. The summed E-state index contributed by atoms with van der Waals surface area (Å²) in [6.07, 6.45) is -10.7. The van der Waals surface area contributed by atoms with E-state index in [1.54, 1.807) is 122 Å². The number of carbonyl (C=O) groups excluding carboxylic acids is 4. The van der Waals surface area contributed by atoms with E-state index >= 15 is 0 Å². The van der Waals surface area contributed by atoms with Crippen molar-refractivity contribution < 1.29 is 68.9 Å². The van der Waals surface area contributed by atoms with Crippen LogP contribution in [0.1, 0.15) is 106 Å². The van der Waals surface area contributed by atoms with Crippen LogP contribution in [0.15, 0.2) is 112 Å². The molecular formula is C52H58Br2F6N8O9. The molecule has 3 heterocycles. The van der Waals surface area contributed by atoms with Crippen LogP contribution in [0, 0.1) is 13.8 Å². The van der Waals surface area contributed by atoms with Gasteiger partial charge in [0, 0.05) is 0 Å². The van der Waals surface area contributed by atoms with Gasteiger partial charge in [-0.25, -0.2) is 19.6 Å². The van der Waals surface area contributed by atoms with Gasteiger partial charge in [-0.2, -0.15) is 26.3 Å². The van der Waals surface area contributed by atoms with E-state index in [2.05, 4.69) is 75.8 Å². The molecule has 0 aliphatic heterocycles. The average Bonchev–Trinajstić information content (AvgIpc) is 3.83. The highest BCUT2D eigenvalue weighted by Crippen LogP contribution is 2.47. The minimum atomic E-state index is -5.14. The van der Waals surface area contributed by atoms with E-state index in [1.165, 1.54) is 18.2 Å². The lowest BCUT2D eigenvalue weighted by atomic mass is 9.95. The number of alkyl halides is 6. The number of benzene rings is 2. The van der Waals surface area contributed by atoms with Gasteiger partial charge in [-0.05, 0) is 147 Å². The fourth-order valence-electron chi connectivity index (χ4n) is 6.65. The molecule has 5 rings (SSSR count). The van der Waals surface area contributed by atoms with Crippen molar-refractivity contribution in [1.29, 1.82) is 0 Å². The number of rotatable bonds is 18. The number of hydrazine groups is 1. The molecule has 0 aliphatic rings. The number of aryl methyl sites for hydroxylation is 2. The van der Waals surface area contributed by atoms with Crippen LogP contribution in [0.2, 0.25) is 0 Å². The zero-order chi connectivity index (χ0) is 57.6. The normalized spacial score (nSPS) is 13.4. The Hall–Kier alpha value is -6.70. The number of aromatic nitrogens is 4. The standard InChI is InChI=1S/C26H30BrF3N4O5.C26H28BrF3N4O4/c1-6-7-13-25(26(28,29)30,38-15-17-11-9-8-10-12-17)22(36)34-33-21(35)19-18(14-16(2)20(27)32-19)31-23(37)39-24(3,4)5;1-6-7-13-25(26(28,29)30,36-15-17-11-9-8-10-12-17)22-34-33-21(37-22)19-18(14-16(2)20(27)32-19)31-23(35)38-24(3,4)5/h6,8-12,14H,1,7,13,15H2,2-5H3,(H,31,37)(H,33,35)(H,34,36);6,8-12,14H,1,7,13,15H2,2-5H3,(H,31,35)/t2*25-/m11/s1. The van der Waals surface area contributed by atoms with Gasteiger partial charge in [0.1, 0.15) is 20.4 Å². The van der Waals surface area contributed by atoms with Crippen molar-refractivity contribution in [3.05, 3.63) is 141 Å². The van der Waals surface area contributed by atoms with Gasteiger partial charge in [0.15, 0.2) is 11.4 Å². The third-order valence-electron chi connectivity index (χ3n) is 10.4. The monoisotopic (exact) mass is 1210 g/mol. The lowest BCUT2D eigenvalue weighted by Crippen LogP contribution is -2.61. The summed E-state index contributed by atoms with van der Waals surface area (Å²) >= 11 is 6.47. The van der Waals surface area contributed by atoms with E-state index < -0.39 is 89.8 Å². The number of halogens is 8. The molecule has 17 nitrogen and oxygen atoms in total. The van der Waals surface area contributed by atoms with Crippen LogP contribution in [0.4, 0.5) is 47.3 Å². The van der Waals surface area contributed by atoms with Crippen molar-refractivity contribution in [2.75, 3.05) is 10.6 Å². The Morgan fingerprint density at radius 1 is 0.649 bits per heavy atom. The predicted octanol–water partition coefficient (Wildman–Crippen LogP) is 13.2. The summed E-state index contributed by atoms with van der Waals surface area (Å²) < 4.78 is 114. The van der Waals surface area contributed by atoms with Crippen LogP contribution in [0.3, 0.4) is 0 Å². The van der Waals surface area contributed by atoms with Gasteiger partial charge in [-0.3, -0.25) is 31.1 Å². The summed E-state index contributed by atoms with van der Waals surface area (Å²) in [5.41, 5.74) is -2.39. The molecule has 2 atom stereocenters. The van der Waals surface area contributed by atoms with E-state index in [1.807, 2.05) is 10.9 Å². The van der Waals surface area contributed by atoms with E-state index in [0.717, 1.165) is 0 Å². The van der Waals surface area contributed by atoms with E-state index in [0.29, 0.717) is 26.9 Å². The van der Waals surface area contributed by atoms with Crippen molar-refractivity contribution in [3.63, 3.8) is 0 Å². The molecule has 4 N–H and O–H groups in total. The first-order valence-corrected chi connectivity index (χ1v) is 24.9. The number of pyridine rings is 2. The number of hydrogen-bond acceptors (Lipinski definition) is 13. The second kappa shape index (κ2) is 26.6. The average molecular weight is 1210 g/mol. The second-order valence-corrected chi connectivity index (χ2v) is 20.4. The molecular weight excluding hydrogens is 1150 g/mol. The van der Waals surface area contributed by atoms with Gasteiger partial charge in [-0.1, -0.05) is 72.8 Å². The number of nitrogens with one attached hydrogen (secondary N) is 4. The Morgan fingerprint density at radius 2 is 1.13 bits per heavy atom. The van der Waals surface area contributed by atoms with Crippen molar-refractivity contribution in [2.45, 2.75) is 129 Å². The van der Waals surface area contributed by atoms with Crippen molar-refractivity contribution in [1.82, 2.24) is 31.0 Å². The lowest BCUT2D eigenvalue weighted by Gasteiger charge is -2.34. The quantitative estimate of drug-likeness (QED) is 0.0278. The Kier molecular flexibility index (Phi) is 21.7. The summed E-state index contributed by atoms with van der Waals surface area (Å²) in [7, 11) is 0. The minimum Gasteiger partial charge on any atom is -0.444 e. The highest BCUT2D eigenvalue weighted by atomic mass is 79.9. The van der Waals surface area contributed by atoms with Crippen LogP contribution in [0.25, 0.3) is 11.6 Å². The number of carbonyl (C=O) groups is 4. The van der Waals surface area contributed by atoms with Crippen LogP contribution in [0.5, 0.6) is 0 Å². The van der Waals surface area contributed by atoms with E-state index in [-0.39, 0.29) is 47.0 Å². The number of ether oxygens (including phenoxy) is 4. The summed E-state index contributed by atoms with van der Waals surface area (Å²) in [5, 5.41) is 12.5. The fraction of sp³-hybridized carbons (Fsp3) is 0.385. The second-order valence-electron chi connectivity index (χ2n) is 18.9. The summed E-state index contributed by atoms with van der Waals surface area (Å²) in [6, 6.07) is 19.4. The van der Waals surface area contributed by atoms with E-state index in [9.17, 15) is 45.5 Å². The first-order valence-electron chi connectivity index (χ1n) is 23.4. The molecule has 3 aromatic heterocycles. The van der Waals surface area contributed by atoms with Crippen molar-refractivity contribution in [2.24, 2.45) is 0 Å². The number of nitrogens with zero attached hydrogens (tertiary/aromatic N) is 4. The smallest absolute Gasteiger partial charge is 0.426 e. The maximum atomic E-state index is 14.6.